The Morgan fingerprint density at radius 2 is 2.22 bits per heavy atom. The van der Waals surface area contributed by atoms with Gasteiger partial charge in [0.05, 0.1) is 12.6 Å². The van der Waals surface area contributed by atoms with Crippen LogP contribution in [0, 0.1) is 11.8 Å². The zero-order valence-corrected chi connectivity index (χ0v) is 14.6. The number of nitrogens with two attached hydrogens (primary N) is 1. The Balaban J connectivity index is 1.81. The van der Waals surface area contributed by atoms with Crippen molar-refractivity contribution in [1.29, 1.82) is 0 Å². The monoisotopic (exact) mass is 318 g/mol. The second-order valence-electron chi connectivity index (χ2n) is 6.94. The van der Waals surface area contributed by atoms with Gasteiger partial charge < -0.3 is 15.8 Å². The van der Waals surface area contributed by atoms with Crippen LogP contribution in [0.5, 0.6) is 5.88 Å². The molecule has 1 saturated carbocycles. The molecule has 0 radical (unpaired) electrons. The van der Waals surface area contributed by atoms with E-state index in [2.05, 4.69) is 36.1 Å². The third kappa shape index (κ3) is 6.47. The Morgan fingerprint density at radius 3 is 2.87 bits per heavy atom. The Labute approximate surface area is 139 Å². The molecule has 1 heterocycles. The van der Waals surface area contributed by atoms with E-state index in [9.17, 15) is 0 Å². The Kier molecular flexibility index (Phi) is 6.68. The molecule has 5 heteroatoms. The third-order valence-electron chi connectivity index (χ3n) is 4.15. The number of guanidine groups is 1. The van der Waals surface area contributed by atoms with E-state index in [0.29, 0.717) is 24.3 Å². The lowest BCUT2D eigenvalue weighted by Crippen LogP contribution is -2.37. The summed E-state index contributed by atoms with van der Waals surface area (Å²) in [6.45, 7) is 7.94. The molecule has 0 saturated heterocycles. The summed E-state index contributed by atoms with van der Waals surface area (Å²) < 4.78 is 5.87. The van der Waals surface area contributed by atoms with Gasteiger partial charge in [0.25, 0.3) is 0 Å². The van der Waals surface area contributed by atoms with Crippen molar-refractivity contribution in [1.82, 2.24) is 10.3 Å². The van der Waals surface area contributed by atoms with Crippen LogP contribution >= 0.6 is 0 Å². The first kappa shape index (κ1) is 17.6. The molecule has 1 fully saturated rings. The summed E-state index contributed by atoms with van der Waals surface area (Å²) in [5, 5.41) is 3.20. The van der Waals surface area contributed by atoms with Crippen molar-refractivity contribution in [3.05, 3.63) is 23.9 Å². The molecule has 0 aromatic carbocycles. The number of aliphatic imine (C=N–C) groups is 1. The van der Waals surface area contributed by atoms with Crippen molar-refractivity contribution in [2.24, 2.45) is 22.6 Å². The second-order valence-corrected chi connectivity index (χ2v) is 6.94. The van der Waals surface area contributed by atoms with Gasteiger partial charge in [-0.1, -0.05) is 20.3 Å². The molecule has 0 aliphatic heterocycles. The SMILES string of the molecule is CC(C)CC(C)Oc1cc(CN=C(N)NCC2CCC2)ccn1. The predicted molar refractivity (Wildman–Crippen MR) is 94.5 cm³/mol. The molecule has 0 spiro atoms. The lowest BCUT2D eigenvalue weighted by atomic mass is 9.85. The van der Waals surface area contributed by atoms with E-state index < -0.39 is 0 Å². The van der Waals surface area contributed by atoms with Crippen LogP contribution in [0.3, 0.4) is 0 Å². The molecule has 1 aromatic heterocycles. The molecule has 1 atom stereocenters. The number of rotatable bonds is 8. The van der Waals surface area contributed by atoms with Gasteiger partial charge >= 0.3 is 0 Å². The van der Waals surface area contributed by atoms with Crippen molar-refractivity contribution in [2.45, 2.75) is 59.1 Å². The van der Waals surface area contributed by atoms with E-state index in [1.54, 1.807) is 6.20 Å². The highest BCUT2D eigenvalue weighted by Crippen LogP contribution is 2.25. The lowest BCUT2D eigenvalue weighted by Gasteiger charge is -2.25. The van der Waals surface area contributed by atoms with Crippen molar-refractivity contribution in [2.75, 3.05) is 6.54 Å². The normalized spacial score (nSPS) is 17.0. The van der Waals surface area contributed by atoms with E-state index in [0.717, 1.165) is 24.4 Å². The van der Waals surface area contributed by atoms with Crippen LogP contribution < -0.4 is 15.8 Å². The molecule has 1 aromatic rings. The van der Waals surface area contributed by atoms with E-state index in [-0.39, 0.29) is 6.10 Å². The molecule has 2 rings (SSSR count). The number of nitrogens with zero attached hydrogens (tertiary/aromatic N) is 2. The molecule has 0 amide bonds. The van der Waals surface area contributed by atoms with Crippen molar-refractivity contribution in [3.8, 4) is 5.88 Å². The molecule has 1 unspecified atom stereocenters. The van der Waals surface area contributed by atoms with Crippen LogP contribution in [-0.2, 0) is 6.54 Å². The minimum absolute atomic E-state index is 0.162. The van der Waals surface area contributed by atoms with E-state index in [1.165, 1.54) is 19.3 Å². The van der Waals surface area contributed by atoms with Gasteiger partial charge in [-0.05, 0) is 49.7 Å². The highest BCUT2D eigenvalue weighted by Gasteiger charge is 2.16. The van der Waals surface area contributed by atoms with Crippen LogP contribution in [0.15, 0.2) is 23.3 Å². The summed E-state index contributed by atoms with van der Waals surface area (Å²) >= 11 is 0. The van der Waals surface area contributed by atoms with Crippen LogP contribution in [0.4, 0.5) is 0 Å². The van der Waals surface area contributed by atoms with E-state index in [1.807, 2.05) is 12.1 Å². The van der Waals surface area contributed by atoms with Gasteiger partial charge in [-0.25, -0.2) is 9.98 Å². The van der Waals surface area contributed by atoms with Gasteiger partial charge in [-0.3, -0.25) is 0 Å². The average molecular weight is 318 g/mol. The molecule has 1 aliphatic rings. The maximum absolute atomic E-state index is 5.91. The maximum Gasteiger partial charge on any atom is 0.213 e. The number of hydrogen-bond donors (Lipinski definition) is 2. The molecule has 23 heavy (non-hydrogen) atoms. The highest BCUT2D eigenvalue weighted by molar-refractivity contribution is 5.77. The van der Waals surface area contributed by atoms with Crippen LogP contribution in [0.1, 0.15) is 52.0 Å². The maximum atomic E-state index is 5.91. The van der Waals surface area contributed by atoms with Gasteiger partial charge in [0.15, 0.2) is 5.96 Å². The van der Waals surface area contributed by atoms with E-state index >= 15 is 0 Å². The molecular weight excluding hydrogens is 288 g/mol. The highest BCUT2D eigenvalue weighted by atomic mass is 16.5. The minimum Gasteiger partial charge on any atom is -0.475 e. The fourth-order valence-electron chi connectivity index (χ4n) is 2.71. The van der Waals surface area contributed by atoms with E-state index in [4.69, 9.17) is 10.5 Å². The number of aromatic nitrogens is 1. The van der Waals surface area contributed by atoms with Crippen LogP contribution in [0.2, 0.25) is 0 Å². The Bertz CT molecular complexity index is 511. The first-order valence-electron chi connectivity index (χ1n) is 8.68. The fraction of sp³-hybridized carbons (Fsp3) is 0.667. The minimum atomic E-state index is 0.162. The largest absolute Gasteiger partial charge is 0.475 e. The smallest absolute Gasteiger partial charge is 0.213 e. The summed E-state index contributed by atoms with van der Waals surface area (Å²) in [5.41, 5.74) is 6.97. The van der Waals surface area contributed by atoms with Gasteiger partial charge in [0, 0.05) is 18.8 Å². The summed E-state index contributed by atoms with van der Waals surface area (Å²) in [7, 11) is 0. The first-order chi connectivity index (χ1) is 11.0. The molecule has 128 valence electrons. The zero-order valence-electron chi connectivity index (χ0n) is 14.6. The lowest BCUT2D eigenvalue weighted by molar-refractivity contribution is 0.185. The standard InChI is InChI=1S/C18H30N4O/c1-13(2)9-14(3)23-17-10-16(7-8-20-17)12-22-18(19)21-11-15-5-4-6-15/h7-8,10,13-15H,4-6,9,11-12H2,1-3H3,(H3,19,21,22). The molecule has 1 aliphatic carbocycles. The third-order valence-corrected chi connectivity index (χ3v) is 4.15. The van der Waals surface area contributed by atoms with Gasteiger partial charge in [-0.15, -0.1) is 0 Å². The summed E-state index contributed by atoms with van der Waals surface area (Å²) in [4.78, 5) is 8.67. The number of nitrogens with one attached hydrogen (secondary N) is 1. The first-order valence-corrected chi connectivity index (χ1v) is 8.68. The van der Waals surface area contributed by atoms with Crippen LogP contribution in [0.25, 0.3) is 0 Å². The summed E-state index contributed by atoms with van der Waals surface area (Å²) in [6.07, 6.45) is 6.90. The van der Waals surface area contributed by atoms with Crippen molar-refractivity contribution in [3.63, 3.8) is 0 Å². The van der Waals surface area contributed by atoms with Crippen LogP contribution in [-0.4, -0.2) is 23.6 Å². The van der Waals surface area contributed by atoms with Gasteiger partial charge in [0.1, 0.15) is 0 Å². The Morgan fingerprint density at radius 1 is 1.43 bits per heavy atom. The second kappa shape index (κ2) is 8.75. The number of hydrogen-bond acceptors (Lipinski definition) is 3. The average Bonchev–Trinajstić information content (AvgIpc) is 2.43. The van der Waals surface area contributed by atoms with Gasteiger partial charge in [0.2, 0.25) is 5.88 Å². The number of pyridine rings is 1. The quantitative estimate of drug-likeness (QED) is 0.570. The molecular formula is C18H30N4O. The summed E-state index contributed by atoms with van der Waals surface area (Å²) in [6, 6.07) is 3.89. The zero-order chi connectivity index (χ0) is 16.7. The van der Waals surface area contributed by atoms with Gasteiger partial charge in [-0.2, -0.15) is 0 Å². The van der Waals surface area contributed by atoms with Crippen molar-refractivity contribution >= 4 is 5.96 Å². The summed E-state index contributed by atoms with van der Waals surface area (Å²) in [5.74, 6) is 2.56. The fourth-order valence-corrected chi connectivity index (χ4v) is 2.71. The molecule has 5 nitrogen and oxygen atoms in total. The molecule has 0 bridgehead atoms. The topological polar surface area (TPSA) is 72.5 Å². The van der Waals surface area contributed by atoms with Crippen molar-refractivity contribution < 1.29 is 4.74 Å². The Hall–Kier alpha value is -1.78. The number of ether oxygens (including phenoxy) is 1. The molecule has 3 N–H and O–H groups in total. The predicted octanol–water partition coefficient (Wildman–Crippen LogP) is 3.10.